The number of alkyl halides is 1. The fourth-order valence-electron chi connectivity index (χ4n) is 0.643. The van der Waals surface area contributed by atoms with E-state index in [-0.39, 0.29) is 56.4 Å². The molecule has 0 bridgehead atoms. The molecule has 0 saturated carbocycles. The molecule has 0 aliphatic rings. The zero-order chi connectivity index (χ0) is 9.35. The quantitative estimate of drug-likeness (QED) is 0.535. The minimum atomic E-state index is -1.54. The van der Waals surface area contributed by atoms with E-state index in [1.165, 1.54) is 20.0 Å². The number of rotatable bonds is 2. The van der Waals surface area contributed by atoms with Gasteiger partial charge < -0.3 is 9.90 Å². The number of nitrogens with zero attached hydrogens (tertiary/aromatic N) is 1. The minimum Gasteiger partial charge on any atom is -0.542 e. The second kappa shape index (κ2) is 4.95. The number of carboxylic acid groups (broad SMARTS) is 1. The Kier molecular flexibility index (Phi) is 5.20. The van der Waals surface area contributed by atoms with Crippen molar-refractivity contribution in [1.29, 1.82) is 0 Å². The molecule has 13 heavy (non-hydrogen) atoms. The molecule has 0 radical (unpaired) electrons. The Morgan fingerprint density at radius 1 is 1.69 bits per heavy atom. The van der Waals surface area contributed by atoms with Crippen LogP contribution in [0, 0.1) is 0 Å². The Morgan fingerprint density at radius 2 is 2.23 bits per heavy atom. The molecule has 1 aromatic rings. The molecule has 0 amide bonds. The first kappa shape index (κ1) is 13.7. The molecule has 3 nitrogen and oxygen atoms in total. The van der Waals surface area contributed by atoms with Gasteiger partial charge in [-0.2, -0.15) is 0 Å². The minimum absolute atomic E-state index is 0. The van der Waals surface area contributed by atoms with E-state index in [2.05, 4.69) is 4.98 Å². The van der Waals surface area contributed by atoms with Crippen LogP contribution in [0.25, 0.3) is 0 Å². The molecule has 0 spiro atoms. The summed E-state index contributed by atoms with van der Waals surface area (Å²) < 4.78 is 13.2. The summed E-state index contributed by atoms with van der Waals surface area (Å²) in [7, 11) is 0. The summed E-state index contributed by atoms with van der Waals surface area (Å²) in [6.07, 6.45) is 1.22. The summed E-state index contributed by atoms with van der Waals surface area (Å²) in [5, 5.41) is 10.1. The molecule has 0 aromatic carbocycles. The number of carbonyl (C=O) groups is 1. The van der Waals surface area contributed by atoms with Crippen molar-refractivity contribution in [2.45, 2.75) is 19.5 Å². The number of carbonyl (C=O) groups excluding carboxylic acids is 1. The van der Waals surface area contributed by atoms with Gasteiger partial charge >= 0.3 is 51.4 Å². The van der Waals surface area contributed by atoms with E-state index in [0.29, 0.717) is 4.88 Å². The van der Waals surface area contributed by atoms with Crippen LogP contribution in [0.3, 0.4) is 0 Å². The van der Waals surface area contributed by atoms with Gasteiger partial charge in [0, 0.05) is 6.20 Å². The van der Waals surface area contributed by atoms with Crippen molar-refractivity contribution in [2.24, 2.45) is 0 Å². The summed E-state index contributed by atoms with van der Waals surface area (Å²) in [6, 6.07) is 0. The average molecular weight is 227 g/mol. The molecule has 0 aliphatic carbocycles. The fourth-order valence-corrected chi connectivity index (χ4v) is 1.39. The van der Waals surface area contributed by atoms with E-state index in [1.54, 1.807) is 0 Å². The maximum Gasteiger partial charge on any atom is 1.00 e. The SMILES string of the molecule is CC(C)(F)c1cnc(C(=O)[O-])s1.[K+]. The summed E-state index contributed by atoms with van der Waals surface area (Å²) in [4.78, 5) is 14.0. The molecule has 1 heterocycles. The first-order valence-electron chi connectivity index (χ1n) is 3.28. The number of hydrogen-bond acceptors (Lipinski definition) is 4. The van der Waals surface area contributed by atoms with Crippen LogP contribution < -0.4 is 56.5 Å². The van der Waals surface area contributed by atoms with Crippen molar-refractivity contribution in [3.05, 3.63) is 16.1 Å². The van der Waals surface area contributed by atoms with Gasteiger partial charge in [0.05, 0.1) is 4.88 Å². The summed E-state index contributed by atoms with van der Waals surface area (Å²) in [5.41, 5.74) is -1.54. The van der Waals surface area contributed by atoms with Crippen molar-refractivity contribution in [2.75, 3.05) is 0 Å². The topological polar surface area (TPSA) is 53.0 Å². The summed E-state index contributed by atoms with van der Waals surface area (Å²) in [6.45, 7) is 2.69. The number of carboxylic acids is 1. The van der Waals surface area contributed by atoms with Crippen LogP contribution >= 0.6 is 11.3 Å². The number of hydrogen-bond donors (Lipinski definition) is 0. The van der Waals surface area contributed by atoms with Crippen LogP contribution in [0.5, 0.6) is 0 Å². The molecule has 66 valence electrons. The van der Waals surface area contributed by atoms with Crippen LogP contribution in [-0.4, -0.2) is 11.0 Å². The number of aromatic carboxylic acids is 1. The van der Waals surface area contributed by atoms with Crippen molar-refractivity contribution in [1.82, 2.24) is 4.98 Å². The Balaban J connectivity index is 0.00000144. The number of halogens is 1. The standard InChI is InChI=1S/C7H8FNO2S.K/c1-7(2,8)4-3-9-5(12-4)6(10)11;/h3H,1-2H3,(H,10,11);/q;+1/p-1. The van der Waals surface area contributed by atoms with E-state index in [4.69, 9.17) is 0 Å². The summed E-state index contributed by atoms with van der Waals surface area (Å²) >= 11 is 0.800. The van der Waals surface area contributed by atoms with Gasteiger partial charge in [-0.3, -0.25) is 0 Å². The molecule has 0 N–H and O–H groups in total. The van der Waals surface area contributed by atoms with Gasteiger partial charge in [0.15, 0.2) is 0 Å². The van der Waals surface area contributed by atoms with E-state index in [1.807, 2.05) is 0 Å². The van der Waals surface area contributed by atoms with Gasteiger partial charge in [-0.1, -0.05) is 0 Å². The predicted molar refractivity (Wildman–Crippen MR) is 40.6 cm³/mol. The number of thiazole rings is 1. The molecule has 0 saturated heterocycles. The average Bonchev–Trinajstić information content (AvgIpc) is 2.30. The molecule has 0 atom stereocenters. The monoisotopic (exact) mass is 227 g/mol. The Bertz CT molecular complexity index is 308. The molecular formula is C7H7FKNO2S. The van der Waals surface area contributed by atoms with Gasteiger partial charge in [-0.25, -0.2) is 9.37 Å². The van der Waals surface area contributed by atoms with Crippen LogP contribution in [0.15, 0.2) is 6.20 Å². The van der Waals surface area contributed by atoms with Gasteiger partial charge in [0.2, 0.25) is 0 Å². The third-order valence-electron chi connectivity index (χ3n) is 1.27. The maximum absolute atomic E-state index is 13.2. The molecular weight excluding hydrogens is 220 g/mol. The molecule has 1 rings (SSSR count). The van der Waals surface area contributed by atoms with Crippen LogP contribution in [0.1, 0.15) is 28.5 Å². The third kappa shape index (κ3) is 3.73. The van der Waals surface area contributed by atoms with Crippen LogP contribution in [-0.2, 0) is 5.67 Å². The largest absolute Gasteiger partial charge is 1.00 e. The maximum atomic E-state index is 13.2. The first-order chi connectivity index (χ1) is 5.41. The summed E-state index contributed by atoms with van der Waals surface area (Å²) in [5.74, 6) is -1.37. The van der Waals surface area contributed by atoms with Gasteiger partial charge in [0.1, 0.15) is 16.6 Å². The molecule has 0 fully saturated rings. The van der Waals surface area contributed by atoms with Crippen molar-refractivity contribution < 1.29 is 65.7 Å². The van der Waals surface area contributed by atoms with Crippen LogP contribution in [0.4, 0.5) is 4.39 Å². The van der Waals surface area contributed by atoms with Gasteiger partial charge in [-0.15, -0.1) is 11.3 Å². The Hall–Kier alpha value is 0.666. The fraction of sp³-hybridized carbons (Fsp3) is 0.429. The zero-order valence-electron chi connectivity index (χ0n) is 7.63. The van der Waals surface area contributed by atoms with E-state index in [9.17, 15) is 14.3 Å². The molecule has 0 unspecified atom stereocenters. The van der Waals surface area contributed by atoms with E-state index >= 15 is 0 Å². The van der Waals surface area contributed by atoms with Gasteiger partial charge in [-0.05, 0) is 13.8 Å². The predicted octanol–water partition coefficient (Wildman–Crippen LogP) is -2.28. The van der Waals surface area contributed by atoms with Crippen LogP contribution in [0.2, 0.25) is 0 Å². The first-order valence-corrected chi connectivity index (χ1v) is 4.09. The number of aromatic nitrogens is 1. The third-order valence-corrected chi connectivity index (χ3v) is 2.54. The molecule has 6 heteroatoms. The zero-order valence-corrected chi connectivity index (χ0v) is 11.6. The van der Waals surface area contributed by atoms with E-state index in [0.717, 1.165) is 11.3 Å². The second-order valence-electron chi connectivity index (χ2n) is 2.79. The Morgan fingerprint density at radius 3 is 2.46 bits per heavy atom. The van der Waals surface area contributed by atoms with Gasteiger partial charge in [0.25, 0.3) is 0 Å². The molecule has 0 aliphatic heterocycles. The smallest absolute Gasteiger partial charge is 0.542 e. The van der Waals surface area contributed by atoms with E-state index < -0.39 is 11.6 Å². The molecule has 1 aromatic heterocycles. The van der Waals surface area contributed by atoms with Crippen molar-refractivity contribution >= 4 is 17.3 Å². The second-order valence-corrected chi connectivity index (χ2v) is 3.82. The van der Waals surface area contributed by atoms with Crippen molar-refractivity contribution in [3.63, 3.8) is 0 Å². The van der Waals surface area contributed by atoms with Crippen molar-refractivity contribution in [3.8, 4) is 0 Å². The Labute approximate surface area is 122 Å². The normalized spacial score (nSPS) is 10.7.